The number of nitriles is 1. The van der Waals surface area contributed by atoms with E-state index in [1.807, 2.05) is 18.6 Å². The van der Waals surface area contributed by atoms with Gasteiger partial charge < -0.3 is 15.0 Å². The highest BCUT2D eigenvalue weighted by molar-refractivity contribution is 5.94. The lowest BCUT2D eigenvalue weighted by Gasteiger charge is -2.23. The maximum atomic E-state index is 9.69. The van der Waals surface area contributed by atoms with Crippen LogP contribution >= 0.6 is 0 Å². The Morgan fingerprint density at radius 2 is 2.07 bits per heavy atom. The van der Waals surface area contributed by atoms with Crippen LogP contribution < -0.4 is 5.32 Å². The molecule has 6 heteroatoms. The third-order valence-corrected chi connectivity index (χ3v) is 6.31. The van der Waals surface area contributed by atoms with Crippen LogP contribution in [-0.4, -0.2) is 34.0 Å². The van der Waals surface area contributed by atoms with E-state index in [0.717, 1.165) is 33.6 Å². The Bertz CT molecular complexity index is 1160. The first kappa shape index (κ1) is 18.8. The number of anilines is 1. The van der Waals surface area contributed by atoms with Gasteiger partial charge >= 0.3 is 0 Å². The van der Waals surface area contributed by atoms with Crippen molar-refractivity contribution in [3.05, 3.63) is 41.7 Å². The van der Waals surface area contributed by atoms with Crippen LogP contribution in [0.3, 0.4) is 0 Å². The standard InChI is InChI=1S/C24H25N5O/c25-14-20-18-8-9-27-24(18)19(13-21(20)26-10-11-30)16-6-7-23-22(12-16)28-15-29(23)17-4-2-1-3-5-17/h6-7,9,12-13,15,17,26,30H,1-5,8,10-11H2. The van der Waals surface area contributed by atoms with E-state index in [1.165, 1.54) is 37.6 Å². The number of benzene rings is 2. The first-order valence-electron chi connectivity index (χ1n) is 10.7. The molecule has 1 aliphatic carbocycles. The fourth-order valence-corrected chi connectivity index (χ4v) is 4.83. The van der Waals surface area contributed by atoms with Gasteiger partial charge in [0.1, 0.15) is 6.07 Å². The number of rotatable bonds is 5. The lowest BCUT2D eigenvalue weighted by molar-refractivity contribution is 0.311. The molecule has 1 fully saturated rings. The van der Waals surface area contributed by atoms with Crippen molar-refractivity contribution in [2.75, 3.05) is 18.5 Å². The zero-order chi connectivity index (χ0) is 20.5. The molecule has 0 spiro atoms. The summed E-state index contributed by atoms with van der Waals surface area (Å²) in [6.07, 6.45) is 10.9. The lowest BCUT2D eigenvalue weighted by Crippen LogP contribution is -2.11. The molecule has 0 unspecified atom stereocenters. The third-order valence-electron chi connectivity index (χ3n) is 6.31. The molecule has 0 saturated heterocycles. The largest absolute Gasteiger partial charge is 0.395 e. The Kier molecular flexibility index (Phi) is 4.97. The molecule has 1 saturated carbocycles. The number of aromatic nitrogens is 2. The van der Waals surface area contributed by atoms with Crippen molar-refractivity contribution in [3.8, 4) is 17.2 Å². The number of hydrogen-bond donors (Lipinski definition) is 2. The first-order chi connectivity index (χ1) is 14.8. The van der Waals surface area contributed by atoms with Crippen LogP contribution in [0.5, 0.6) is 0 Å². The van der Waals surface area contributed by atoms with E-state index < -0.39 is 0 Å². The number of hydrogen-bond acceptors (Lipinski definition) is 5. The molecule has 0 atom stereocenters. The highest BCUT2D eigenvalue weighted by Crippen LogP contribution is 2.42. The second-order valence-corrected chi connectivity index (χ2v) is 8.10. The Balaban J connectivity index is 1.59. The summed E-state index contributed by atoms with van der Waals surface area (Å²) >= 11 is 0. The number of fused-ring (bicyclic) bond motifs is 2. The summed E-state index contributed by atoms with van der Waals surface area (Å²) in [7, 11) is 0. The van der Waals surface area contributed by atoms with Gasteiger partial charge in [-0.05, 0) is 36.6 Å². The number of aliphatic hydroxyl groups excluding tert-OH is 1. The maximum absolute atomic E-state index is 9.69. The van der Waals surface area contributed by atoms with Crippen LogP contribution in [-0.2, 0) is 6.42 Å². The van der Waals surface area contributed by atoms with Gasteiger partial charge in [0.25, 0.3) is 0 Å². The van der Waals surface area contributed by atoms with Gasteiger partial charge in [-0.15, -0.1) is 0 Å². The third kappa shape index (κ3) is 3.16. The Morgan fingerprint density at radius 3 is 2.87 bits per heavy atom. The van der Waals surface area contributed by atoms with Crippen LogP contribution in [0.25, 0.3) is 22.2 Å². The lowest BCUT2D eigenvalue weighted by atomic mass is 9.94. The van der Waals surface area contributed by atoms with Crippen molar-refractivity contribution in [3.63, 3.8) is 0 Å². The van der Waals surface area contributed by atoms with Crippen molar-refractivity contribution >= 4 is 28.6 Å². The van der Waals surface area contributed by atoms with Gasteiger partial charge in [-0.1, -0.05) is 25.3 Å². The Labute approximate surface area is 175 Å². The van der Waals surface area contributed by atoms with E-state index >= 15 is 0 Å². The van der Waals surface area contributed by atoms with E-state index in [9.17, 15) is 10.4 Å². The van der Waals surface area contributed by atoms with Gasteiger partial charge in [0.05, 0.1) is 40.9 Å². The number of aliphatic imine (C=N–C) groups is 1. The summed E-state index contributed by atoms with van der Waals surface area (Å²) < 4.78 is 2.34. The molecule has 30 heavy (non-hydrogen) atoms. The summed E-state index contributed by atoms with van der Waals surface area (Å²) in [5.74, 6) is 0. The van der Waals surface area contributed by atoms with Crippen molar-refractivity contribution < 1.29 is 5.11 Å². The normalized spacial score (nSPS) is 16.0. The monoisotopic (exact) mass is 399 g/mol. The summed E-state index contributed by atoms with van der Waals surface area (Å²) in [5, 5.41) is 22.1. The number of imidazole rings is 1. The maximum Gasteiger partial charge on any atom is 0.102 e. The molecule has 2 heterocycles. The molecule has 6 nitrogen and oxygen atoms in total. The van der Waals surface area contributed by atoms with Crippen LogP contribution in [0.2, 0.25) is 0 Å². The van der Waals surface area contributed by atoms with E-state index in [0.29, 0.717) is 24.6 Å². The van der Waals surface area contributed by atoms with Crippen LogP contribution in [0, 0.1) is 11.3 Å². The minimum Gasteiger partial charge on any atom is -0.395 e. The highest BCUT2D eigenvalue weighted by atomic mass is 16.3. The van der Waals surface area contributed by atoms with Crippen molar-refractivity contribution in [1.29, 1.82) is 5.26 Å². The second-order valence-electron chi connectivity index (χ2n) is 8.10. The molecule has 1 aliphatic heterocycles. The second kappa shape index (κ2) is 7.92. The van der Waals surface area contributed by atoms with Crippen molar-refractivity contribution in [2.24, 2.45) is 4.99 Å². The topological polar surface area (TPSA) is 86.2 Å². The molecule has 2 N–H and O–H groups in total. The van der Waals surface area contributed by atoms with Crippen LogP contribution in [0.4, 0.5) is 11.4 Å². The molecule has 5 rings (SSSR count). The summed E-state index contributed by atoms with van der Waals surface area (Å²) in [5.41, 5.74) is 7.38. The number of aliphatic hydroxyl groups is 1. The van der Waals surface area contributed by atoms with Gasteiger partial charge in [-0.3, -0.25) is 4.99 Å². The average molecular weight is 399 g/mol. The quantitative estimate of drug-likeness (QED) is 0.649. The van der Waals surface area contributed by atoms with Crippen molar-refractivity contribution in [2.45, 2.75) is 44.6 Å². The number of nitrogens with one attached hydrogen (secondary N) is 1. The Morgan fingerprint density at radius 1 is 1.20 bits per heavy atom. The smallest absolute Gasteiger partial charge is 0.102 e. The van der Waals surface area contributed by atoms with Gasteiger partial charge in [-0.25, -0.2) is 4.98 Å². The summed E-state index contributed by atoms with van der Waals surface area (Å²) in [6, 6.07) is 11.3. The van der Waals surface area contributed by atoms with Crippen molar-refractivity contribution in [1.82, 2.24) is 9.55 Å². The molecular formula is C24H25N5O. The number of nitrogens with zero attached hydrogens (tertiary/aromatic N) is 4. The highest BCUT2D eigenvalue weighted by Gasteiger charge is 2.22. The van der Waals surface area contributed by atoms with Crippen LogP contribution in [0.15, 0.2) is 35.6 Å². The SMILES string of the molecule is N#Cc1c(NCCO)cc(-c2ccc3c(c2)ncn3C2CCCCC2)c2c1CC=N2. The molecule has 152 valence electrons. The molecular weight excluding hydrogens is 374 g/mol. The minimum absolute atomic E-state index is 0.0122. The molecule has 2 aromatic carbocycles. The molecule has 0 radical (unpaired) electrons. The van der Waals surface area contributed by atoms with E-state index in [4.69, 9.17) is 4.98 Å². The van der Waals surface area contributed by atoms with Crippen LogP contribution in [0.1, 0.15) is 49.3 Å². The van der Waals surface area contributed by atoms with E-state index in [1.54, 1.807) is 0 Å². The average Bonchev–Trinajstić information content (AvgIpc) is 3.44. The summed E-state index contributed by atoms with van der Waals surface area (Å²) in [6.45, 7) is 0.414. The fraction of sp³-hybridized carbons (Fsp3) is 0.375. The fourth-order valence-electron chi connectivity index (χ4n) is 4.83. The molecule has 3 aromatic rings. The van der Waals surface area contributed by atoms with Gasteiger partial charge in [0.15, 0.2) is 0 Å². The summed E-state index contributed by atoms with van der Waals surface area (Å²) in [4.78, 5) is 9.29. The van der Waals surface area contributed by atoms with Gasteiger partial charge in [0.2, 0.25) is 0 Å². The van der Waals surface area contributed by atoms with Gasteiger partial charge in [-0.2, -0.15) is 5.26 Å². The van der Waals surface area contributed by atoms with E-state index in [-0.39, 0.29) is 6.61 Å². The molecule has 0 amide bonds. The molecule has 2 aliphatic rings. The zero-order valence-electron chi connectivity index (χ0n) is 16.9. The Hall–Kier alpha value is -3.17. The molecule has 0 bridgehead atoms. The molecule has 1 aromatic heterocycles. The van der Waals surface area contributed by atoms with Gasteiger partial charge in [0, 0.05) is 36.3 Å². The minimum atomic E-state index is 0.0122. The van der Waals surface area contributed by atoms with E-state index in [2.05, 4.69) is 39.1 Å². The predicted molar refractivity (Wildman–Crippen MR) is 119 cm³/mol. The first-order valence-corrected chi connectivity index (χ1v) is 10.7. The predicted octanol–water partition coefficient (Wildman–Crippen LogP) is 4.74. The zero-order valence-corrected chi connectivity index (χ0v) is 16.9.